The summed E-state index contributed by atoms with van der Waals surface area (Å²) in [5.41, 5.74) is 1.54. The zero-order valence-electron chi connectivity index (χ0n) is 14.5. The van der Waals surface area contributed by atoms with Crippen molar-refractivity contribution < 1.29 is 14.2 Å². The van der Waals surface area contributed by atoms with Crippen LogP contribution in [0.3, 0.4) is 0 Å². The van der Waals surface area contributed by atoms with Crippen LogP contribution in [0.2, 0.25) is 0 Å². The number of anilines is 1. The number of nitrogens with one attached hydrogen (secondary N) is 1. The molecule has 3 aliphatic rings. The molecule has 1 unspecified atom stereocenters. The van der Waals surface area contributed by atoms with Crippen molar-refractivity contribution in [1.29, 1.82) is 0 Å². The lowest BCUT2D eigenvalue weighted by atomic mass is 10.2. The zero-order valence-corrected chi connectivity index (χ0v) is 14.5. The molecule has 2 aromatic rings. The molecule has 3 fully saturated rings. The molecule has 2 aliphatic heterocycles. The average molecular weight is 345 g/mol. The third-order valence-electron chi connectivity index (χ3n) is 5.26. The van der Waals surface area contributed by atoms with Gasteiger partial charge in [-0.15, -0.1) is 0 Å². The van der Waals surface area contributed by atoms with Crippen LogP contribution in [0.5, 0.6) is 0 Å². The van der Waals surface area contributed by atoms with E-state index in [4.69, 9.17) is 14.2 Å². The molecule has 0 spiro atoms. The maximum atomic E-state index is 6.04. The Morgan fingerprint density at radius 1 is 1.16 bits per heavy atom. The van der Waals surface area contributed by atoms with Gasteiger partial charge in [-0.3, -0.25) is 4.57 Å². The largest absolute Gasteiger partial charge is 0.365 e. The van der Waals surface area contributed by atoms with E-state index in [1.165, 1.54) is 25.7 Å². The van der Waals surface area contributed by atoms with E-state index in [1.807, 2.05) is 18.4 Å². The highest BCUT2D eigenvalue weighted by atomic mass is 16.8. The molecule has 5 rings (SSSR count). The van der Waals surface area contributed by atoms with Gasteiger partial charge in [-0.2, -0.15) is 0 Å². The van der Waals surface area contributed by atoms with Crippen LogP contribution in [0, 0.1) is 0 Å². The molecule has 3 atom stereocenters. The first-order chi connectivity index (χ1) is 12.1. The van der Waals surface area contributed by atoms with Crippen LogP contribution in [0.1, 0.15) is 45.8 Å². The lowest BCUT2D eigenvalue weighted by molar-refractivity contribution is -0.183. The van der Waals surface area contributed by atoms with Gasteiger partial charge in [-0.1, -0.05) is 12.8 Å². The molecule has 1 aliphatic carbocycles. The topological polar surface area (TPSA) is 83.3 Å². The Labute approximate surface area is 145 Å². The Morgan fingerprint density at radius 2 is 2.00 bits per heavy atom. The van der Waals surface area contributed by atoms with E-state index in [2.05, 4.69) is 20.3 Å². The first-order valence-corrected chi connectivity index (χ1v) is 9.02. The molecule has 0 bridgehead atoms. The van der Waals surface area contributed by atoms with Gasteiger partial charge >= 0.3 is 0 Å². The summed E-state index contributed by atoms with van der Waals surface area (Å²) in [6.07, 6.45) is 7.75. The van der Waals surface area contributed by atoms with E-state index < -0.39 is 5.79 Å². The molecule has 0 radical (unpaired) electrons. The number of hydrogen-bond acceptors (Lipinski definition) is 7. The highest BCUT2D eigenvalue weighted by Crippen LogP contribution is 2.40. The zero-order chi connectivity index (χ0) is 17.0. The minimum Gasteiger partial charge on any atom is -0.365 e. The molecule has 8 heteroatoms. The predicted octanol–water partition coefficient (Wildman–Crippen LogP) is 2.23. The van der Waals surface area contributed by atoms with Gasteiger partial charge in [0.15, 0.2) is 29.0 Å². The van der Waals surface area contributed by atoms with Crippen molar-refractivity contribution in [2.24, 2.45) is 0 Å². The van der Waals surface area contributed by atoms with Gasteiger partial charge in [-0.05, 0) is 26.7 Å². The van der Waals surface area contributed by atoms with Gasteiger partial charge in [0.25, 0.3) is 0 Å². The van der Waals surface area contributed by atoms with E-state index in [0.717, 1.165) is 17.0 Å². The van der Waals surface area contributed by atoms with Gasteiger partial charge in [0.1, 0.15) is 18.5 Å². The third kappa shape index (κ3) is 2.59. The first-order valence-electron chi connectivity index (χ1n) is 9.02. The monoisotopic (exact) mass is 345 g/mol. The minimum atomic E-state index is -0.585. The van der Waals surface area contributed by atoms with Crippen molar-refractivity contribution in [2.75, 3.05) is 11.9 Å². The molecule has 8 nitrogen and oxygen atoms in total. The van der Waals surface area contributed by atoms with Crippen molar-refractivity contribution in [3.63, 3.8) is 0 Å². The van der Waals surface area contributed by atoms with Crippen molar-refractivity contribution in [3.05, 3.63) is 12.7 Å². The van der Waals surface area contributed by atoms with Gasteiger partial charge in [0, 0.05) is 6.04 Å². The highest BCUT2D eigenvalue weighted by Gasteiger charge is 2.51. The lowest BCUT2D eigenvalue weighted by Crippen LogP contribution is -2.27. The summed E-state index contributed by atoms with van der Waals surface area (Å²) >= 11 is 0. The number of ether oxygens (including phenoxy) is 3. The smallest absolute Gasteiger partial charge is 0.167 e. The van der Waals surface area contributed by atoms with Crippen LogP contribution in [-0.2, 0) is 14.2 Å². The van der Waals surface area contributed by atoms with Crippen molar-refractivity contribution in [2.45, 2.75) is 69.8 Å². The quantitative estimate of drug-likeness (QED) is 0.913. The average Bonchev–Trinajstić information content (AvgIpc) is 3.31. The van der Waals surface area contributed by atoms with Crippen LogP contribution in [-0.4, -0.2) is 50.2 Å². The fourth-order valence-electron chi connectivity index (χ4n) is 4.17. The number of imidazole rings is 1. The number of nitrogens with zero attached hydrogens (tertiary/aromatic N) is 4. The molecule has 25 heavy (non-hydrogen) atoms. The Bertz CT molecular complexity index is 786. The summed E-state index contributed by atoms with van der Waals surface area (Å²) < 4.78 is 19.8. The lowest BCUT2D eigenvalue weighted by Gasteiger charge is -2.22. The fourth-order valence-corrected chi connectivity index (χ4v) is 4.17. The van der Waals surface area contributed by atoms with Crippen LogP contribution in [0.4, 0.5) is 5.82 Å². The van der Waals surface area contributed by atoms with Crippen LogP contribution in [0.15, 0.2) is 12.7 Å². The molecule has 0 aromatic carbocycles. The Kier molecular flexibility index (Phi) is 3.48. The second-order valence-electron chi connectivity index (χ2n) is 7.53. The predicted molar refractivity (Wildman–Crippen MR) is 90.0 cm³/mol. The number of rotatable bonds is 3. The molecule has 2 saturated heterocycles. The Morgan fingerprint density at radius 3 is 2.84 bits per heavy atom. The van der Waals surface area contributed by atoms with Gasteiger partial charge in [0.05, 0.1) is 12.9 Å². The van der Waals surface area contributed by atoms with Crippen LogP contribution in [0.25, 0.3) is 11.2 Å². The SMILES string of the molecule is CC1(C)OC2[C@H](n3cnc4c(NC5CCCC5)ncnc43)OC[C@H]2O1. The molecule has 4 heterocycles. The normalized spacial score (nSPS) is 31.7. The number of aromatic nitrogens is 4. The molecular weight excluding hydrogens is 322 g/mol. The van der Waals surface area contributed by atoms with Gasteiger partial charge < -0.3 is 19.5 Å². The first kappa shape index (κ1) is 15.5. The molecule has 0 amide bonds. The van der Waals surface area contributed by atoms with Crippen molar-refractivity contribution >= 4 is 17.0 Å². The van der Waals surface area contributed by atoms with Gasteiger partial charge in [-0.25, -0.2) is 15.0 Å². The Hall–Kier alpha value is -1.77. The van der Waals surface area contributed by atoms with E-state index in [9.17, 15) is 0 Å². The molecule has 1 saturated carbocycles. The van der Waals surface area contributed by atoms with Gasteiger partial charge in [0.2, 0.25) is 0 Å². The second-order valence-corrected chi connectivity index (χ2v) is 7.53. The van der Waals surface area contributed by atoms with Crippen molar-refractivity contribution in [1.82, 2.24) is 19.5 Å². The van der Waals surface area contributed by atoms with E-state index in [1.54, 1.807) is 12.7 Å². The number of hydrogen-bond donors (Lipinski definition) is 1. The maximum Gasteiger partial charge on any atom is 0.167 e. The minimum absolute atomic E-state index is 0.0598. The summed E-state index contributed by atoms with van der Waals surface area (Å²) in [5, 5.41) is 3.52. The summed E-state index contributed by atoms with van der Waals surface area (Å²) in [6.45, 7) is 4.37. The summed E-state index contributed by atoms with van der Waals surface area (Å²) in [5.74, 6) is 0.215. The van der Waals surface area contributed by atoms with E-state index in [-0.39, 0.29) is 18.4 Å². The van der Waals surface area contributed by atoms with E-state index >= 15 is 0 Å². The van der Waals surface area contributed by atoms with E-state index in [0.29, 0.717) is 12.6 Å². The molecule has 2 aromatic heterocycles. The molecule has 1 N–H and O–H groups in total. The van der Waals surface area contributed by atoms with Crippen LogP contribution >= 0.6 is 0 Å². The molecule has 134 valence electrons. The highest BCUT2D eigenvalue weighted by molar-refractivity contribution is 5.82. The standard InChI is InChI=1S/C17H23N5O3/c1-17(2)24-11-7-23-16(13(11)25-17)22-9-20-12-14(18-8-19-15(12)22)21-10-5-3-4-6-10/h8-11,13,16H,3-7H2,1-2H3,(H,18,19,21)/t11-,13?,16-/m1/s1. The number of fused-ring (bicyclic) bond motifs is 2. The van der Waals surface area contributed by atoms with Crippen molar-refractivity contribution in [3.8, 4) is 0 Å². The maximum absolute atomic E-state index is 6.04. The molecular formula is C17H23N5O3. The second kappa shape index (κ2) is 5.62. The summed E-state index contributed by atoms with van der Waals surface area (Å²) in [7, 11) is 0. The van der Waals surface area contributed by atoms with Crippen LogP contribution < -0.4 is 5.32 Å². The fraction of sp³-hybridized carbons (Fsp3) is 0.706. The summed E-state index contributed by atoms with van der Waals surface area (Å²) in [4.78, 5) is 13.4. The third-order valence-corrected chi connectivity index (χ3v) is 5.26. The Balaban J connectivity index is 1.46. The summed E-state index contributed by atoms with van der Waals surface area (Å²) in [6, 6.07) is 0.475.